The molecule has 154 valence electrons. The second-order valence-electron chi connectivity index (χ2n) is 7.86. The van der Waals surface area contributed by atoms with E-state index in [1.807, 2.05) is 18.2 Å². The van der Waals surface area contributed by atoms with Gasteiger partial charge in [0.1, 0.15) is 11.8 Å². The van der Waals surface area contributed by atoms with E-state index >= 15 is 0 Å². The molecule has 1 saturated heterocycles. The Hall–Kier alpha value is -2.73. The van der Waals surface area contributed by atoms with E-state index in [2.05, 4.69) is 17.6 Å². The summed E-state index contributed by atoms with van der Waals surface area (Å²) >= 11 is 0. The maximum Gasteiger partial charge on any atom is 0.337 e. The van der Waals surface area contributed by atoms with E-state index in [4.69, 9.17) is 14.2 Å². The van der Waals surface area contributed by atoms with E-state index < -0.39 is 0 Å². The van der Waals surface area contributed by atoms with Gasteiger partial charge in [-0.05, 0) is 17.7 Å². The van der Waals surface area contributed by atoms with Crippen LogP contribution in [0.4, 0.5) is 0 Å². The summed E-state index contributed by atoms with van der Waals surface area (Å²) < 4.78 is 15.9. The number of aromatic amines is 1. The minimum atomic E-state index is -0.332. The van der Waals surface area contributed by atoms with Gasteiger partial charge in [-0.2, -0.15) is 0 Å². The summed E-state index contributed by atoms with van der Waals surface area (Å²) in [4.78, 5) is 17.7. The minimum absolute atomic E-state index is 0.00732. The van der Waals surface area contributed by atoms with Crippen LogP contribution in [0, 0.1) is 11.8 Å². The highest BCUT2D eigenvalue weighted by Gasteiger charge is 2.45. The first-order valence-electron chi connectivity index (χ1n) is 10.1. The Balaban J connectivity index is 1.77. The molecule has 0 spiro atoms. The third kappa shape index (κ3) is 3.21. The zero-order valence-corrected chi connectivity index (χ0v) is 17.3. The van der Waals surface area contributed by atoms with Gasteiger partial charge < -0.3 is 24.1 Å². The van der Waals surface area contributed by atoms with E-state index in [-0.39, 0.29) is 23.8 Å². The van der Waals surface area contributed by atoms with Gasteiger partial charge in [0.25, 0.3) is 0 Å². The highest BCUT2D eigenvalue weighted by atomic mass is 16.5. The third-order valence-corrected chi connectivity index (χ3v) is 6.55. The number of aromatic nitrogens is 1. The number of benzene rings is 1. The van der Waals surface area contributed by atoms with Crippen molar-refractivity contribution in [2.24, 2.45) is 11.8 Å². The maximum absolute atomic E-state index is 12.5. The van der Waals surface area contributed by atoms with Crippen molar-refractivity contribution < 1.29 is 23.9 Å². The van der Waals surface area contributed by atoms with Gasteiger partial charge >= 0.3 is 5.97 Å². The van der Waals surface area contributed by atoms with Crippen LogP contribution in [0.3, 0.4) is 0 Å². The Labute approximate surface area is 171 Å². The molecule has 2 aliphatic heterocycles. The van der Waals surface area contributed by atoms with E-state index in [9.17, 15) is 4.79 Å². The Morgan fingerprint density at radius 1 is 1.31 bits per heavy atom. The predicted octanol–water partition coefficient (Wildman–Crippen LogP) is 2.18. The highest BCUT2D eigenvalue weighted by Crippen LogP contribution is 2.40. The van der Waals surface area contributed by atoms with Gasteiger partial charge in [0, 0.05) is 35.6 Å². The van der Waals surface area contributed by atoms with Gasteiger partial charge in [-0.25, -0.2) is 4.79 Å². The van der Waals surface area contributed by atoms with Crippen molar-refractivity contribution in [3.8, 4) is 5.75 Å². The number of hydrogen-bond donors (Lipinski definition) is 2. The SMILES string of the molecule is C=CC1C[NH+]2CCc3c([nH]c4cccc(OC)c34)C2CC1C(=COC)C(=O)OC. The van der Waals surface area contributed by atoms with Crippen LogP contribution in [0.25, 0.3) is 10.9 Å². The summed E-state index contributed by atoms with van der Waals surface area (Å²) in [5.74, 6) is 0.783. The molecule has 0 aliphatic carbocycles. The molecule has 2 aromatic rings. The number of quaternary nitrogens is 1. The van der Waals surface area contributed by atoms with Crippen molar-refractivity contribution in [2.45, 2.75) is 18.9 Å². The first-order valence-corrected chi connectivity index (χ1v) is 10.1. The number of carbonyl (C=O) groups excluding carboxylic acids is 1. The number of piperidine rings is 1. The highest BCUT2D eigenvalue weighted by molar-refractivity contribution is 5.91. The maximum atomic E-state index is 12.5. The van der Waals surface area contributed by atoms with Crippen molar-refractivity contribution in [1.82, 2.24) is 4.98 Å². The number of carbonyl (C=O) groups is 1. The normalized spacial score (nSPS) is 26.4. The van der Waals surface area contributed by atoms with E-state index in [0.29, 0.717) is 5.57 Å². The smallest absolute Gasteiger partial charge is 0.337 e. The molecule has 0 amide bonds. The molecule has 3 heterocycles. The number of ether oxygens (including phenoxy) is 3. The van der Waals surface area contributed by atoms with Gasteiger partial charge in [-0.3, -0.25) is 0 Å². The van der Waals surface area contributed by atoms with Crippen LogP contribution in [-0.4, -0.2) is 45.4 Å². The lowest BCUT2D eigenvalue weighted by atomic mass is 9.75. The molecule has 0 bridgehead atoms. The van der Waals surface area contributed by atoms with Crippen molar-refractivity contribution in [2.75, 3.05) is 34.4 Å². The zero-order valence-electron chi connectivity index (χ0n) is 17.3. The summed E-state index contributed by atoms with van der Waals surface area (Å²) in [6.07, 6.45) is 5.35. The number of H-pyrrole nitrogens is 1. The van der Waals surface area contributed by atoms with E-state index in [1.54, 1.807) is 14.2 Å². The summed E-state index contributed by atoms with van der Waals surface area (Å²) in [6, 6.07) is 6.42. The number of fused-ring (bicyclic) bond motifs is 5. The van der Waals surface area contributed by atoms with Crippen molar-refractivity contribution in [1.29, 1.82) is 0 Å². The quantitative estimate of drug-likeness (QED) is 0.351. The molecule has 2 N–H and O–H groups in total. The lowest BCUT2D eigenvalue weighted by Crippen LogP contribution is -3.15. The molecule has 4 unspecified atom stereocenters. The first kappa shape index (κ1) is 19.6. The fraction of sp³-hybridized carbons (Fsp3) is 0.435. The fourth-order valence-electron chi connectivity index (χ4n) is 5.23. The molecule has 4 rings (SSSR count). The molecular formula is C23H29N2O4+. The van der Waals surface area contributed by atoms with E-state index in [1.165, 1.54) is 34.9 Å². The largest absolute Gasteiger partial charge is 0.504 e. The molecule has 1 aromatic carbocycles. The Morgan fingerprint density at radius 2 is 2.14 bits per heavy atom. The average Bonchev–Trinajstić information content (AvgIpc) is 3.15. The lowest BCUT2D eigenvalue weighted by molar-refractivity contribution is -0.943. The third-order valence-electron chi connectivity index (χ3n) is 6.55. The summed E-state index contributed by atoms with van der Waals surface area (Å²) in [7, 11) is 4.70. The van der Waals surface area contributed by atoms with Crippen LogP contribution in [0.15, 0.2) is 42.7 Å². The van der Waals surface area contributed by atoms with Gasteiger partial charge in [0.05, 0.1) is 51.9 Å². The molecule has 6 heteroatoms. The second kappa shape index (κ2) is 7.95. The molecule has 1 aromatic heterocycles. The van der Waals surface area contributed by atoms with Crippen molar-refractivity contribution in [3.63, 3.8) is 0 Å². The number of esters is 1. The monoisotopic (exact) mass is 397 g/mol. The lowest BCUT2D eigenvalue weighted by Gasteiger charge is -2.42. The van der Waals surface area contributed by atoms with Gasteiger partial charge in [0.2, 0.25) is 0 Å². The van der Waals surface area contributed by atoms with Crippen molar-refractivity contribution in [3.05, 3.63) is 53.9 Å². The van der Waals surface area contributed by atoms with Gasteiger partial charge in [-0.1, -0.05) is 12.1 Å². The van der Waals surface area contributed by atoms with E-state index in [0.717, 1.165) is 37.2 Å². The van der Waals surface area contributed by atoms with Crippen LogP contribution < -0.4 is 9.64 Å². The second-order valence-corrected chi connectivity index (χ2v) is 7.86. The molecule has 1 fully saturated rings. The summed E-state index contributed by atoms with van der Waals surface area (Å²) in [5.41, 5.74) is 4.30. The first-order chi connectivity index (χ1) is 14.1. The van der Waals surface area contributed by atoms with Crippen LogP contribution in [0.1, 0.15) is 23.7 Å². The Kier molecular flexibility index (Phi) is 5.37. The molecule has 0 radical (unpaired) electrons. The molecule has 29 heavy (non-hydrogen) atoms. The number of nitrogens with one attached hydrogen (secondary N) is 2. The Morgan fingerprint density at radius 3 is 2.83 bits per heavy atom. The molecule has 0 saturated carbocycles. The molecule has 4 atom stereocenters. The summed E-state index contributed by atoms with van der Waals surface area (Å²) in [6.45, 7) is 6.03. The van der Waals surface area contributed by atoms with Crippen molar-refractivity contribution >= 4 is 16.9 Å². The summed E-state index contributed by atoms with van der Waals surface area (Å²) in [5, 5.41) is 1.19. The Bertz CT molecular complexity index is 961. The van der Waals surface area contributed by atoms with Crippen LogP contribution in [-0.2, 0) is 20.7 Å². The number of rotatable bonds is 5. The predicted molar refractivity (Wildman–Crippen MR) is 111 cm³/mol. The standard InChI is InChI=1S/C23H28N2O4/c1-5-14-12-25-10-9-15-21-18(7-6-8-20(21)28-3)24-22(15)19(25)11-16(14)17(13-27-2)23(26)29-4/h5-8,13-14,16,19,24H,1,9-12H2,2-4H3/p+1. The van der Waals surface area contributed by atoms with Gasteiger partial charge in [-0.15, -0.1) is 6.58 Å². The average molecular weight is 397 g/mol. The number of hydrogen-bond acceptors (Lipinski definition) is 4. The molecular weight excluding hydrogens is 368 g/mol. The minimum Gasteiger partial charge on any atom is -0.504 e. The topological polar surface area (TPSA) is 65.0 Å². The van der Waals surface area contributed by atoms with Crippen LogP contribution in [0.2, 0.25) is 0 Å². The molecule has 6 nitrogen and oxygen atoms in total. The fourth-order valence-corrected chi connectivity index (χ4v) is 5.23. The van der Waals surface area contributed by atoms with Crippen LogP contribution in [0.5, 0.6) is 5.75 Å². The van der Waals surface area contributed by atoms with Gasteiger partial charge in [0.15, 0.2) is 0 Å². The zero-order chi connectivity index (χ0) is 20.5. The molecule has 2 aliphatic rings. The van der Waals surface area contributed by atoms with Crippen LogP contribution >= 0.6 is 0 Å². The number of methoxy groups -OCH3 is 3.